The van der Waals surface area contributed by atoms with E-state index in [9.17, 15) is 8.78 Å². The van der Waals surface area contributed by atoms with Crippen molar-refractivity contribution in [2.75, 3.05) is 6.54 Å². The second-order valence-electron chi connectivity index (χ2n) is 4.60. The van der Waals surface area contributed by atoms with Gasteiger partial charge in [-0.25, -0.2) is 8.78 Å². The van der Waals surface area contributed by atoms with Crippen molar-refractivity contribution < 1.29 is 8.78 Å². The maximum atomic E-state index is 13.5. The van der Waals surface area contributed by atoms with Crippen LogP contribution in [0.15, 0.2) is 18.2 Å². The second kappa shape index (κ2) is 4.91. The molecule has 2 rings (SSSR count). The Hall–Kier alpha value is -0.960. The number of halogens is 2. The summed E-state index contributed by atoms with van der Waals surface area (Å²) in [6, 6.07) is 4.41. The summed E-state index contributed by atoms with van der Waals surface area (Å²) in [6.45, 7) is 2.72. The lowest BCUT2D eigenvalue weighted by Crippen LogP contribution is -2.37. The van der Waals surface area contributed by atoms with E-state index in [0.29, 0.717) is 11.6 Å². The fourth-order valence-electron chi connectivity index (χ4n) is 1.97. The minimum absolute atomic E-state index is 0.0844. The SMILES string of the molecule is CC(CNC1CCC1)c1ccc(F)cc1F. The number of nitrogens with one attached hydrogen (secondary N) is 1. The highest BCUT2D eigenvalue weighted by Crippen LogP contribution is 2.22. The summed E-state index contributed by atoms with van der Waals surface area (Å²) in [5.74, 6) is -0.871. The average Bonchev–Trinajstić information content (AvgIpc) is 2.14. The van der Waals surface area contributed by atoms with Crippen molar-refractivity contribution in [3.05, 3.63) is 35.4 Å². The second-order valence-corrected chi connectivity index (χ2v) is 4.60. The van der Waals surface area contributed by atoms with Crippen molar-refractivity contribution in [3.8, 4) is 0 Å². The quantitative estimate of drug-likeness (QED) is 0.829. The highest BCUT2D eigenvalue weighted by molar-refractivity contribution is 5.22. The third-order valence-electron chi connectivity index (χ3n) is 3.31. The topological polar surface area (TPSA) is 12.0 Å². The van der Waals surface area contributed by atoms with Crippen LogP contribution in [0.5, 0.6) is 0 Å². The van der Waals surface area contributed by atoms with Gasteiger partial charge in [-0.15, -0.1) is 0 Å². The number of hydrogen-bond donors (Lipinski definition) is 1. The Balaban J connectivity index is 1.93. The molecule has 0 amide bonds. The third-order valence-corrected chi connectivity index (χ3v) is 3.31. The van der Waals surface area contributed by atoms with Crippen LogP contribution < -0.4 is 5.32 Å². The Labute approximate surface area is 94.9 Å². The molecular formula is C13H17F2N. The van der Waals surface area contributed by atoms with Gasteiger partial charge in [0.05, 0.1) is 0 Å². The van der Waals surface area contributed by atoms with Gasteiger partial charge in [0.1, 0.15) is 11.6 Å². The predicted molar refractivity (Wildman–Crippen MR) is 60.4 cm³/mol. The first kappa shape index (κ1) is 11.5. The van der Waals surface area contributed by atoms with Gasteiger partial charge in [-0.2, -0.15) is 0 Å². The van der Waals surface area contributed by atoms with Gasteiger partial charge in [0.25, 0.3) is 0 Å². The summed E-state index contributed by atoms with van der Waals surface area (Å²) < 4.78 is 26.2. The zero-order valence-corrected chi connectivity index (χ0v) is 9.47. The van der Waals surface area contributed by atoms with E-state index in [-0.39, 0.29) is 5.92 Å². The van der Waals surface area contributed by atoms with Crippen molar-refractivity contribution in [3.63, 3.8) is 0 Å². The number of hydrogen-bond acceptors (Lipinski definition) is 1. The standard InChI is InChI=1S/C13H17F2N/c1-9(8-16-11-3-2-4-11)12-6-5-10(14)7-13(12)15/h5-7,9,11,16H,2-4,8H2,1H3. The molecule has 0 aliphatic heterocycles. The van der Waals surface area contributed by atoms with Gasteiger partial charge < -0.3 is 5.32 Å². The maximum absolute atomic E-state index is 13.5. The molecule has 1 atom stereocenters. The van der Waals surface area contributed by atoms with Crippen molar-refractivity contribution in [2.24, 2.45) is 0 Å². The van der Waals surface area contributed by atoms with Crippen molar-refractivity contribution >= 4 is 0 Å². The molecule has 16 heavy (non-hydrogen) atoms. The van der Waals surface area contributed by atoms with Crippen LogP contribution in [0.1, 0.15) is 37.7 Å². The van der Waals surface area contributed by atoms with E-state index < -0.39 is 11.6 Å². The summed E-state index contributed by atoms with van der Waals surface area (Å²) in [7, 11) is 0. The third kappa shape index (κ3) is 2.59. The van der Waals surface area contributed by atoms with Crippen molar-refractivity contribution in [1.82, 2.24) is 5.32 Å². The van der Waals surface area contributed by atoms with E-state index in [4.69, 9.17) is 0 Å². The molecule has 0 radical (unpaired) electrons. The smallest absolute Gasteiger partial charge is 0.129 e. The fraction of sp³-hybridized carbons (Fsp3) is 0.538. The number of benzene rings is 1. The Kier molecular flexibility index (Phi) is 3.54. The van der Waals surface area contributed by atoms with Crippen LogP contribution in [0, 0.1) is 11.6 Å². The average molecular weight is 225 g/mol. The summed E-state index contributed by atoms with van der Waals surface area (Å²) in [6.07, 6.45) is 3.73. The first-order chi connectivity index (χ1) is 7.66. The molecule has 1 N–H and O–H groups in total. The molecule has 0 bridgehead atoms. The molecular weight excluding hydrogens is 208 g/mol. The molecule has 1 saturated carbocycles. The van der Waals surface area contributed by atoms with Crippen LogP contribution in [0.4, 0.5) is 8.78 Å². The fourth-order valence-corrected chi connectivity index (χ4v) is 1.97. The summed E-state index contributed by atoms with van der Waals surface area (Å²) in [4.78, 5) is 0. The molecule has 1 unspecified atom stereocenters. The van der Waals surface area contributed by atoms with Crippen molar-refractivity contribution in [2.45, 2.75) is 38.1 Å². The molecule has 1 nitrogen and oxygen atoms in total. The molecule has 0 aromatic heterocycles. The molecule has 1 aromatic rings. The highest BCUT2D eigenvalue weighted by Gasteiger charge is 2.18. The largest absolute Gasteiger partial charge is 0.313 e. The molecule has 1 aliphatic rings. The lowest BCUT2D eigenvalue weighted by Gasteiger charge is -2.28. The van der Waals surface area contributed by atoms with E-state index >= 15 is 0 Å². The van der Waals surface area contributed by atoms with Gasteiger partial charge in [0.2, 0.25) is 0 Å². The molecule has 0 heterocycles. The molecule has 1 aliphatic carbocycles. The molecule has 0 saturated heterocycles. The Morgan fingerprint density at radius 2 is 2.12 bits per heavy atom. The summed E-state index contributed by atoms with van der Waals surface area (Å²) in [5, 5.41) is 3.40. The van der Waals surface area contributed by atoms with Crippen LogP contribution in [0.2, 0.25) is 0 Å². The number of rotatable bonds is 4. The lowest BCUT2D eigenvalue weighted by molar-refractivity contribution is 0.333. The van der Waals surface area contributed by atoms with E-state index in [1.54, 1.807) is 0 Å². The monoisotopic (exact) mass is 225 g/mol. The molecule has 1 aromatic carbocycles. The van der Waals surface area contributed by atoms with Gasteiger partial charge in [0, 0.05) is 18.7 Å². The van der Waals surface area contributed by atoms with E-state index in [0.717, 1.165) is 12.6 Å². The Morgan fingerprint density at radius 3 is 2.69 bits per heavy atom. The summed E-state index contributed by atoms with van der Waals surface area (Å²) >= 11 is 0. The Bertz CT molecular complexity index is 361. The van der Waals surface area contributed by atoms with E-state index in [1.165, 1.54) is 31.4 Å². The Morgan fingerprint density at radius 1 is 1.38 bits per heavy atom. The van der Waals surface area contributed by atoms with Crippen LogP contribution in [0.3, 0.4) is 0 Å². The van der Waals surface area contributed by atoms with E-state index in [1.807, 2.05) is 6.92 Å². The zero-order chi connectivity index (χ0) is 11.5. The molecule has 3 heteroatoms. The van der Waals surface area contributed by atoms with Gasteiger partial charge in [0.15, 0.2) is 0 Å². The maximum Gasteiger partial charge on any atom is 0.129 e. The lowest BCUT2D eigenvalue weighted by atomic mass is 9.92. The summed E-state index contributed by atoms with van der Waals surface area (Å²) in [5.41, 5.74) is 0.591. The van der Waals surface area contributed by atoms with Gasteiger partial charge in [-0.1, -0.05) is 19.4 Å². The van der Waals surface area contributed by atoms with Gasteiger partial charge in [-0.3, -0.25) is 0 Å². The van der Waals surface area contributed by atoms with Gasteiger partial charge in [-0.05, 0) is 30.4 Å². The minimum atomic E-state index is -0.514. The van der Waals surface area contributed by atoms with Crippen LogP contribution in [-0.4, -0.2) is 12.6 Å². The first-order valence-electron chi connectivity index (χ1n) is 5.85. The van der Waals surface area contributed by atoms with Crippen molar-refractivity contribution in [1.29, 1.82) is 0 Å². The van der Waals surface area contributed by atoms with Crippen LogP contribution >= 0.6 is 0 Å². The van der Waals surface area contributed by atoms with Gasteiger partial charge >= 0.3 is 0 Å². The van der Waals surface area contributed by atoms with Crippen LogP contribution in [-0.2, 0) is 0 Å². The molecule has 88 valence electrons. The minimum Gasteiger partial charge on any atom is -0.313 e. The first-order valence-corrected chi connectivity index (χ1v) is 5.85. The molecule has 0 spiro atoms. The molecule has 1 fully saturated rings. The highest BCUT2D eigenvalue weighted by atomic mass is 19.1. The zero-order valence-electron chi connectivity index (χ0n) is 9.47. The predicted octanol–water partition coefficient (Wildman–Crippen LogP) is 3.21. The van der Waals surface area contributed by atoms with Crippen LogP contribution in [0.25, 0.3) is 0 Å². The normalized spacial score (nSPS) is 18.2. The van der Waals surface area contributed by atoms with E-state index in [2.05, 4.69) is 5.32 Å².